The fourth-order valence-electron chi connectivity index (χ4n) is 1.57. The van der Waals surface area contributed by atoms with E-state index in [0.29, 0.717) is 12.3 Å². The number of carboxylic acids is 2. The smallest absolute Gasteiger partial charge is 0.338 e. The Morgan fingerprint density at radius 1 is 1.15 bits per heavy atom. The van der Waals surface area contributed by atoms with E-state index in [1.807, 2.05) is 6.92 Å². The summed E-state index contributed by atoms with van der Waals surface area (Å²) in [6.45, 7) is 3.75. The molecule has 20 heavy (non-hydrogen) atoms. The number of nitrogens with zero attached hydrogens (tertiary/aromatic N) is 1. The Labute approximate surface area is 118 Å². The third kappa shape index (κ3) is 4.55. The molecule has 0 aliphatic rings. The van der Waals surface area contributed by atoms with Gasteiger partial charge in [-0.15, -0.1) is 0 Å². The molecule has 6 nitrogen and oxygen atoms in total. The lowest BCUT2D eigenvalue weighted by Crippen LogP contribution is -2.16. The van der Waals surface area contributed by atoms with Crippen LogP contribution >= 0.6 is 0 Å². The quantitative estimate of drug-likeness (QED) is 0.780. The molecule has 0 saturated carbocycles. The van der Waals surface area contributed by atoms with Crippen molar-refractivity contribution in [3.63, 3.8) is 0 Å². The van der Waals surface area contributed by atoms with Crippen LogP contribution in [0.3, 0.4) is 0 Å². The number of aliphatic hydroxyl groups excluding tert-OH is 1. The van der Waals surface area contributed by atoms with E-state index in [9.17, 15) is 9.59 Å². The number of rotatable bonds is 4. The molecule has 0 saturated heterocycles. The minimum atomic E-state index is -1.12. The fourth-order valence-corrected chi connectivity index (χ4v) is 1.57. The highest BCUT2D eigenvalue weighted by molar-refractivity contribution is 6.01. The predicted molar refractivity (Wildman–Crippen MR) is 76.8 cm³/mol. The van der Waals surface area contributed by atoms with E-state index in [1.54, 1.807) is 19.0 Å². The van der Waals surface area contributed by atoms with Gasteiger partial charge in [0.25, 0.3) is 0 Å². The molecule has 1 rings (SSSR count). The zero-order chi connectivity index (χ0) is 15.9. The number of benzene rings is 1. The van der Waals surface area contributed by atoms with Gasteiger partial charge in [0.2, 0.25) is 0 Å². The van der Waals surface area contributed by atoms with E-state index in [-0.39, 0.29) is 16.7 Å². The number of aliphatic hydroxyl groups is 1. The summed E-state index contributed by atoms with van der Waals surface area (Å²) >= 11 is 0. The van der Waals surface area contributed by atoms with E-state index in [4.69, 9.17) is 15.3 Å². The highest BCUT2D eigenvalue weighted by atomic mass is 16.4. The summed E-state index contributed by atoms with van der Waals surface area (Å²) in [6, 6.07) is 2.92. The zero-order valence-electron chi connectivity index (χ0n) is 12.2. The average Bonchev–Trinajstić information content (AvgIpc) is 2.37. The third-order valence-electron chi connectivity index (χ3n) is 2.59. The van der Waals surface area contributed by atoms with Crippen molar-refractivity contribution in [2.24, 2.45) is 0 Å². The molecule has 0 aliphatic carbocycles. The van der Waals surface area contributed by atoms with Gasteiger partial charge in [-0.05, 0) is 31.0 Å². The van der Waals surface area contributed by atoms with Gasteiger partial charge in [-0.25, -0.2) is 9.59 Å². The highest BCUT2D eigenvalue weighted by Crippen LogP contribution is 2.25. The second-order valence-corrected chi connectivity index (χ2v) is 4.36. The first kappa shape index (κ1) is 17.9. The van der Waals surface area contributed by atoms with Crippen LogP contribution in [0.25, 0.3) is 0 Å². The molecule has 0 atom stereocenters. The summed E-state index contributed by atoms with van der Waals surface area (Å²) in [4.78, 5) is 23.6. The Bertz CT molecular complexity index is 481. The molecule has 112 valence electrons. The molecule has 6 heteroatoms. The Hall–Kier alpha value is -2.08. The molecular weight excluding hydrogens is 262 g/mol. The van der Waals surface area contributed by atoms with Crippen LogP contribution in [0.4, 0.5) is 5.69 Å². The average molecular weight is 283 g/mol. The first-order valence-electron chi connectivity index (χ1n) is 6.16. The molecule has 1 aromatic rings. The first-order chi connectivity index (χ1) is 9.27. The maximum Gasteiger partial charge on any atom is 0.338 e. The SMILES string of the molecule is CCCO.Cc1c(C(=O)O)ccc(N(C)C)c1C(=O)O. The topological polar surface area (TPSA) is 98.1 Å². The van der Waals surface area contributed by atoms with Gasteiger partial charge in [-0.3, -0.25) is 0 Å². The Kier molecular flexibility index (Phi) is 7.31. The van der Waals surface area contributed by atoms with E-state index >= 15 is 0 Å². The van der Waals surface area contributed by atoms with Gasteiger partial charge < -0.3 is 20.2 Å². The van der Waals surface area contributed by atoms with Crippen molar-refractivity contribution in [1.29, 1.82) is 0 Å². The van der Waals surface area contributed by atoms with Crippen LogP contribution < -0.4 is 4.90 Å². The number of anilines is 1. The minimum Gasteiger partial charge on any atom is -0.478 e. The molecule has 0 fully saturated rings. The second-order valence-electron chi connectivity index (χ2n) is 4.36. The van der Waals surface area contributed by atoms with Crippen molar-refractivity contribution in [1.82, 2.24) is 0 Å². The van der Waals surface area contributed by atoms with Gasteiger partial charge in [-0.1, -0.05) is 6.92 Å². The highest BCUT2D eigenvalue weighted by Gasteiger charge is 2.20. The molecule has 0 amide bonds. The van der Waals surface area contributed by atoms with Gasteiger partial charge in [0, 0.05) is 20.7 Å². The Morgan fingerprint density at radius 3 is 1.95 bits per heavy atom. The van der Waals surface area contributed by atoms with Crippen LogP contribution in [0.15, 0.2) is 12.1 Å². The Morgan fingerprint density at radius 2 is 1.65 bits per heavy atom. The molecule has 0 aliphatic heterocycles. The summed E-state index contributed by atoms with van der Waals surface area (Å²) in [7, 11) is 3.42. The standard InChI is InChI=1S/C11H13NO4.C3H8O/c1-6-7(10(13)14)4-5-8(12(2)3)9(6)11(15)16;1-2-3-4/h4-5H,1-3H3,(H,13,14)(H,15,16);4H,2-3H2,1H3. The molecule has 0 bridgehead atoms. The molecule has 0 heterocycles. The van der Waals surface area contributed by atoms with Gasteiger partial charge in [0.15, 0.2) is 0 Å². The molecule has 0 radical (unpaired) electrons. The number of hydrogen-bond donors (Lipinski definition) is 3. The van der Waals surface area contributed by atoms with Crippen molar-refractivity contribution in [3.8, 4) is 0 Å². The van der Waals surface area contributed by atoms with Gasteiger partial charge in [-0.2, -0.15) is 0 Å². The number of aromatic carboxylic acids is 2. The van der Waals surface area contributed by atoms with Crippen LogP contribution in [-0.4, -0.2) is 48.0 Å². The predicted octanol–water partition coefficient (Wildman–Crippen LogP) is 1.85. The van der Waals surface area contributed by atoms with Crippen LogP contribution in [0.5, 0.6) is 0 Å². The van der Waals surface area contributed by atoms with Crippen LogP contribution in [0.2, 0.25) is 0 Å². The zero-order valence-corrected chi connectivity index (χ0v) is 12.2. The lowest BCUT2D eigenvalue weighted by atomic mass is 10.00. The maximum atomic E-state index is 11.1. The molecule has 0 spiro atoms. The van der Waals surface area contributed by atoms with Crippen LogP contribution in [0, 0.1) is 6.92 Å². The Balaban J connectivity index is 0.000000796. The summed E-state index contributed by atoms with van der Waals surface area (Å²) < 4.78 is 0. The molecule has 0 aromatic heterocycles. The molecular formula is C14H21NO5. The van der Waals surface area contributed by atoms with Crippen molar-refractivity contribution in [2.45, 2.75) is 20.3 Å². The van der Waals surface area contributed by atoms with Crippen LogP contribution in [-0.2, 0) is 0 Å². The molecule has 3 N–H and O–H groups in total. The lowest BCUT2D eigenvalue weighted by Gasteiger charge is -2.18. The van der Waals surface area contributed by atoms with E-state index in [0.717, 1.165) is 6.42 Å². The number of carbonyl (C=O) groups is 2. The maximum absolute atomic E-state index is 11.1. The van der Waals surface area contributed by atoms with Gasteiger partial charge >= 0.3 is 11.9 Å². The normalized spacial score (nSPS) is 9.45. The van der Waals surface area contributed by atoms with Crippen molar-refractivity contribution in [2.75, 3.05) is 25.6 Å². The molecule has 0 unspecified atom stereocenters. The van der Waals surface area contributed by atoms with E-state index in [1.165, 1.54) is 19.1 Å². The number of hydrogen-bond acceptors (Lipinski definition) is 4. The largest absolute Gasteiger partial charge is 0.478 e. The minimum absolute atomic E-state index is 0.0167. The van der Waals surface area contributed by atoms with E-state index < -0.39 is 11.9 Å². The van der Waals surface area contributed by atoms with Crippen molar-refractivity contribution in [3.05, 3.63) is 28.8 Å². The second kappa shape index (κ2) is 8.16. The fraction of sp³-hybridized carbons (Fsp3) is 0.429. The monoisotopic (exact) mass is 283 g/mol. The summed E-state index contributed by atoms with van der Waals surface area (Å²) in [6.07, 6.45) is 0.875. The van der Waals surface area contributed by atoms with Crippen LogP contribution in [0.1, 0.15) is 39.6 Å². The number of carboxylic acid groups (broad SMARTS) is 2. The summed E-state index contributed by atoms with van der Waals surface area (Å²) in [5, 5.41) is 25.9. The first-order valence-corrected chi connectivity index (χ1v) is 6.16. The van der Waals surface area contributed by atoms with Crippen molar-refractivity contribution < 1.29 is 24.9 Å². The summed E-state index contributed by atoms with van der Waals surface area (Å²) in [5.74, 6) is -2.24. The lowest BCUT2D eigenvalue weighted by molar-refractivity contribution is 0.0696. The van der Waals surface area contributed by atoms with Gasteiger partial charge in [0.05, 0.1) is 16.8 Å². The van der Waals surface area contributed by atoms with E-state index in [2.05, 4.69) is 0 Å². The third-order valence-corrected chi connectivity index (χ3v) is 2.59. The summed E-state index contributed by atoms with van der Waals surface area (Å²) in [5.41, 5.74) is 0.814. The van der Waals surface area contributed by atoms with Crippen molar-refractivity contribution >= 4 is 17.6 Å². The van der Waals surface area contributed by atoms with Gasteiger partial charge in [0.1, 0.15) is 0 Å². The molecule has 1 aromatic carbocycles.